The lowest BCUT2D eigenvalue weighted by Gasteiger charge is -2.06. The monoisotopic (exact) mass is 292 g/mol. The van der Waals surface area contributed by atoms with Crippen LogP contribution in [0.1, 0.15) is 44.6 Å². The predicted molar refractivity (Wildman–Crippen MR) is 84.0 cm³/mol. The molecule has 0 aromatic heterocycles. The number of rotatable bonds is 9. The Labute approximate surface area is 126 Å². The number of nitrogens with zero attached hydrogens (tertiary/aromatic N) is 1. The summed E-state index contributed by atoms with van der Waals surface area (Å²) in [6, 6.07) is 5.42. The second-order valence-corrected chi connectivity index (χ2v) is 4.71. The molecule has 1 aromatic rings. The fourth-order valence-corrected chi connectivity index (χ4v) is 1.87. The van der Waals surface area contributed by atoms with Crippen LogP contribution in [0.4, 0.5) is 0 Å². The second kappa shape index (κ2) is 9.80. The normalized spacial score (nSPS) is 10.6. The fourth-order valence-electron chi connectivity index (χ4n) is 1.87. The SMILES string of the molecule is CCCCCCC(=O)N/N=C/c1ccc(OC)cc1OC. The summed E-state index contributed by atoms with van der Waals surface area (Å²) in [6.07, 6.45) is 6.40. The van der Waals surface area contributed by atoms with Gasteiger partial charge in [-0.25, -0.2) is 5.43 Å². The van der Waals surface area contributed by atoms with E-state index in [1.807, 2.05) is 12.1 Å². The maximum absolute atomic E-state index is 11.6. The summed E-state index contributed by atoms with van der Waals surface area (Å²) in [5.74, 6) is 1.30. The maximum atomic E-state index is 11.6. The van der Waals surface area contributed by atoms with Crippen molar-refractivity contribution in [2.45, 2.75) is 39.0 Å². The smallest absolute Gasteiger partial charge is 0.240 e. The molecule has 1 aromatic carbocycles. The molecular formula is C16H24N2O3. The Kier molecular flexibility index (Phi) is 7.94. The van der Waals surface area contributed by atoms with Crippen molar-refractivity contribution in [2.75, 3.05) is 14.2 Å². The highest BCUT2D eigenvalue weighted by Crippen LogP contribution is 2.22. The molecule has 1 amide bonds. The zero-order valence-electron chi connectivity index (χ0n) is 13.0. The highest BCUT2D eigenvalue weighted by Gasteiger charge is 2.03. The van der Waals surface area contributed by atoms with E-state index in [4.69, 9.17) is 9.47 Å². The Morgan fingerprint density at radius 2 is 2.05 bits per heavy atom. The number of benzene rings is 1. The summed E-state index contributed by atoms with van der Waals surface area (Å²) >= 11 is 0. The van der Waals surface area contributed by atoms with Crippen LogP contribution in [0.15, 0.2) is 23.3 Å². The molecule has 0 aliphatic carbocycles. The van der Waals surface area contributed by atoms with Crippen molar-refractivity contribution in [1.82, 2.24) is 5.43 Å². The van der Waals surface area contributed by atoms with Crippen molar-refractivity contribution in [3.63, 3.8) is 0 Å². The summed E-state index contributed by atoms with van der Waals surface area (Å²) in [7, 11) is 3.18. The largest absolute Gasteiger partial charge is 0.497 e. The minimum Gasteiger partial charge on any atom is -0.497 e. The van der Waals surface area contributed by atoms with E-state index in [0.717, 1.165) is 24.8 Å². The van der Waals surface area contributed by atoms with Gasteiger partial charge in [-0.15, -0.1) is 0 Å². The number of nitrogens with one attached hydrogen (secondary N) is 1. The third-order valence-corrected chi connectivity index (χ3v) is 3.09. The van der Waals surface area contributed by atoms with Crippen LogP contribution in [0.2, 0.25) is 0 Å². The van der Waals surface area contributed by atoms with E-state index in [-0.39, 0.29) is 5.91 Å². The van der Waals surface area contributed by atoms with Crippen molar-refractivity contribution in [1.29, 1.82) is 0 Å². The Morgan fingerprint density at radius 1 is 1.24 bits per heavy atom. The molecule has 0 aliphatic heterocycles. The zero-order chi connectivity index (χ0) is 15.5. The second-order valence-electron chi connectivity index (χ2n) is 4.71. The van der Waals surface area contributed by atoms with E-state index >= 15 is 0 Å². The lowest BCUT2D eigenvalue weighted by atomic mass is 10.1. The van der Waals surface area contributed by atoms with Gasteiger partial charge < -0.3 is 9.47 Å². The lowest BCUT2D eigenvalue weighted by Crippen LogP contribution is -2.16. The van der Waals surface area contributed by atoms with Gasteiger partial charge in [0.1, 0.15) is 11.5 Å². The number of carbonyl (C=O) groups excluding carboxylic acids is 1. The molecule has 1 N–H and O–H groups in total. The summed E-state index contributed by atoms with van der Waals surface area (Å²) in [5.41, 5.74) is 3.31. The van der Waals surface area contributed by atoms with Crippen molar-refractivity contribution in [3.8, 4) is 11.5 Å². The number of carbonyl (C=O) groups is 1. The molecule has 0 saturated carbocycles. The summed E-state index contributed by atoms with van der Waals surface area (Å²) in [4.78, 5) is 11.6. The number of amides is 1. The van der Waals surface area contributed by atoms with Gasteiger partial charge in [-0.3, -0.25) is 4.79 Å². The fraction of sp³-hybridized carbons (Fsp3) is 0.500. The molecular weight excluding hydrogens is 268 g/mol. The van der Waals surface area contributed by atoms with Crippen molar-refractivity contribution >= 4 is 12.1 Å². The van der Waals surface area contributed by atoms with Crippen LogP contribution in [-0.4, -0.2) is 26.3 Å². The molecule has 0 saturated heterocycles. The summed E-state index contributed by atoms with van der Waals surface area (Å²) < 4.78 is 10.4. The van der Waals surface area contributed by atoms with Crippen molar-refractivity contribution in [2.24, 2.45) is 5.10 Å². The zero-order valence-corrected chi connectivity index (χ0v) is 13.0. The third kappa shape index (κ3) is 6.29. The first-order valence-corrected chi connectivity index (χ1v) is 7.25. The Morgan fingerprint density at radius 3 is 2.71 bits per heavy atom. The first kappa shape index (κ1) is 17.0. The molecule has 0 bridgehead atoms. The van der Waals surface area contributed by atoms with Gasteiger partial charge in [0.2, 0.25) is 5.91 Å². The van der Waals surface area contributed by atoms with E-state index in [0.29, 0.717) is 17.9 Å². The summed E-state index contributed by atoms with van der Waals surface area (Å²) in [6.45, 7) is 2.15. The lowest BCUT2D eigenvalue weighted by molar-refractivity contribution is -0.121. The average Bonchev–Trinajstić information content (AvgIpc) is 2.51. The van der Waals surface area contributed by atoms with Crippen molar-refractivity contribution < 1.29 is 14.3 Å². The Hall–Kier alpha value is -2.04. The van der Waals surface area contributed by atoms with Gasteiger partial charge in [-0.2, -0.15) is 5.10 Å². The van der Waals surface area contributed by atoms with Gasteiger partial charge in [0.05, 0.1) is 20.4 Å². The van der Waals surface area contributed by atoms with Crippen LogP contribution in [0.25, 0.3) is 0 Å². The van der Waals surface area contributed by atoms with Gasteiger partial charge in [0, 0.05) is 18.1 Å². The molecule has 5 heteroatoms. The molecule has 0 radical (unpaired) electrons. The van der Waals surface area contributed by atoms with E-state index in [2.05, 4.69) is 17.5 Å². The standard InChI is InChI=1S/C16H24N2O3/c1-4-5-6-7-8-16(19)18-17-12-13-9-10-14(20-2)11-15(13)21-3/h9-12H,4-8H2,1-3H3,(H,18,19)/b17-12+. The third-order valence-electron chi connectivity index (χ3n) is 3.09. The highest BCUT2D eigenvalue weighted by molar-refractivity contribution is 5.85. The topological polar surface area (TPSA) is 59.9 Å². The van der Waals surface area contributed by atoms with Gasteiger partial charge in [0.15, 0.2) is 0 Å². The van der Waals surface area contributed by atoms with Crippen LogP contribution in [0, 0.1) is 0 Å². The van der Waals surface area contributed by atoms with E-state index in [1.165, 1.54) is 6.42 Å². The number of ether oxygens (including phenoxy) is 2. The number of hydrogen-bond donors (Lipinski definition) is 1. The quantitative estimate of drug-likeness (QED) is 0.432. The van der Waals surface area contributed by atoms with Crippen LogP contribution >= 0.6 is 0 Å². The number of hydrazone groups is 1. The molecule has 0 fully saturated rings. The highest BCUT2D eigenvalue weighted by atomic mass is 16.5. The number of hydrogen-bond acceptors (Lipinski definition) is 4. The molecule has 1 rings (SSSR count). The van der Waals surface area contributed by atoms with E-state index in [1.54, 1.807) is 26.5 Å². The first-order chi connectivity index (χ1) is 10.2. The minimum absolute atomic E-state index is 0.0603. The Balaban J connectivity index is 2.47. The van der Waals surface area contributed by atoms with E-state index in [9.17, 15) is 4.79 Å². The average molecular weight is 292 g/mol. The molecule has 0 unspecified atom stereocenters. The molecule has 116 valence electrons. The number of methoxy groups -OCH3 is 2. The molecule has 0 atom stereocenters. The summed E-state index contributed by atoms with van der Waals surface area (Å²) in [5, 5.41) is 3.96. The van der Waals surface area contributed by atoms with Gasteiger partial charge >= 0.3 is 0 Å². The number of unbranched alkanes of at least 4 members (excludes halogenated alkanes) is 3. The molecule has 21 heavy (non-hydrogen) atoms. The maximum Gasteiger partial charge on any atom is 0.240 e. The van der Waals surface area contributed by atoms with Crippen molar-refractivity contribution in [3.05, 3.63) is 23.8 Å². The minimum atomic E-state index is -0.0603. The van der Waals surface area contributed by atoms with Gasteiger partial charge in [-0.1, -0.05) is 26.2 Å². The van der Waals surface area contributed by atoms with Crippen LogP contribution < -0.4 is 14.9 Å². The van der Waals surface area contributed by atoms with E-state index < -0.39 is 0 Å². The molecule has 0 heterocycles. The van der Waals surface area contributed by atoms with Gasteiger partial charge in [-0.05, 0) is 18.6 Å². The van der Waals surface area contributed by atoms with Crippen LogP contribution in [0.3, 0.4) is 0 Å². The van der Waals surface area contributed by atoms with Crippen LogP contribution in [0.5, 0.6) is 11.5 Å². The van der Waals surface area contributed by atoms with Crippen LogP contribution in [-0.2, 0) is 4.79 Å². The molecule has 5 nitrogen and oxygen atoms in total. The first-order valence-electron chi connectivity index (χ1n) is 7.25. The van der Waals surface area contributed by atoms with Gasteiger partial charge in [0.25, 0.3) is 0 Å². The molecule has 0 spiro atoms. The predicted octanol–water partition coefficient (Wildman–Crippen LogP) is 3.12. The molecule has 0 aliphatic rings. The Bertz CT molecular complexity index is 473.